The molecule has 3 N–H and O–H groups in total. The highest BCUT2D eigenvalue weighted by atomic mass is 16.5. The second kappa shape index (κ2) is 7.50. The van der Waals surface area contributed by atoms with Crippen LogP contribution in [0.1, 0.15) is 25.8 Å². The zero-order valence-corrected chi connectivity index (χ0v) is 13.0. The van der Waals surface area contributed by atoms with Gasteiger partial charge in [0.15, 0.2) is 0 Å². The Morgan fingerprint density at radius 1 is 1.18 bits per heavy atom. The fraction of sp³-hybridized carbons (Fsp3) is 0.278. The number of carbonyl (C=O) groups is 1. The number of benzene rings is 2. The third-order valence-corrected chi connectivity index (χ3v) is 3.17. The number of hydrogen-bond acceptors (Lipinski definition) is 3. The first-order valence-electron chi connectivity index (χ1n) is 7.44. The van der Waals surface area contributed by atoms with Gasteiger partial charge in [0.25, 0.3) is 0 Å². The lowest BCUT2D eigenvalue weighted by atomic mass is 10.1. The van der Waals surface area contributed by atoms with Gasteiger partial charge in [0.2, 0.25) is 5.91 Å². The van der Waals surface area contributed by atoms with Crippen molar-refractivity contribution in [1.82, 2.24) is 0 Å². The first-order valence-corrected chi connectivity index (χ1v) is 7.44. The minimum absolute atomic E-state index is 0.0371. The Labute approximate surface area is 131 Å². The lowest BCUT2D eigenvalue weighted by Crippen LogP contribution is -2.13. The maximum Gasteiger partial charge on any atom is 0.224 e. The van der Waals surface area contributed by atoms with Crippen molar-refractivity contribution in [3.8, 4) is 5.75 Å². The van der Waals surface area contributed by atoms with Crippen LogP contribution in [-0.4, -0.2) is 12.0 Å². The SMILES string of the molecule is CC(C)Oc1cccc(NC(=O)CCc2ccccc2N)c1. The van der Waals surface area contributed by atoms with E-state index in [1.165, 1.54) is 0 Å². The van der Waals surface area contributed by atoms with Gasteiger partial charge in [-0.2, -0.15) is 0 Å². The highest BCUT2D eigenvalue weighted by molar-refractivity contribution is 5.91. The minimum atomic E-state index is -0.0371. The molecule has 0 aliphatic rings. The molecule has 0 unspecified atom stereocenters. The van der Waals surface area contributed by atoms with E-state index in [1.807, 2.05) is 62.4 Å². The van der Waals surface area contributed by atoms with Crippen LogP contribution in [0, 0.1) is 0 Å². The van der Waals surface area contributed by atoms with Crippen LogP contribution in [0.15, 0.2) is 48.5 Å². The molecular formula is C18H22N2O2. The molecule has 2 rings (SSSR count). The summed E-state index contributed by atoms with van der Waals surface area (Å²) < 4.78 is 5.61. The van der Waals surface area contributed by atoms with Gasteiger partial charge in [-0.15, -0.1) is 0 Å². The van der Waals surface area contributed by atoms with Gasteiger partial charge in [-0.25, -0.2) is 0 Å². The third-order valence-electron chi connectivity index (χ3n) is 3.17. The van der Waals surface area contributed by atoms with Crippen LogP contribution in [0.5, 0.6) is 5.75 Å². The summed E-state index contributed by atoms with van der Waals surface area (Å²) in [5, 5.41) is 2.89. The molecule has 4 heteroatoms. The van der Waals surface area contributed by atoms with E-state index in [9.17, 15) is 4.79 Å². The molecule has 0 aromatic heterocycles. The van der Waals surface area contributed by atoms with Gasteiger partial charge in [0.1, 0.15) is 5.75 Å². The van der Waals surface area contributed by atoms with Crippen LogP contribution < -0.4 is 15.8 Å². The van der Waals surface area contributed by atoms with Crippen molar-refractivity contribution in [3.63, 3.8) is 0 Å². The molecule has 116 valence electrons. The fourth-order valence-corrected chi connectivity index (χ4v) is 2.15. The van der Waals surface area contributed by atoms with E-state index >= 15 is 0 Å². The van der Waals surface area contributed by atoms with Gasteiger partial charge in [0.05, 0.1) is 6.10 Å². The Balaban J connectivity index is 1.91. The Morgan fingerprint density at radius 3 is 2.68 bits per heavy atom. The smallest absolute Gasteiger partial charge is 0.224 e. The van der Waals surface area contributed by atoms with E-state index in [0.717, 1.165) is 22.7 Å². The highest BCUT2D eigenvalue weighted by Gasteiger charge is 2.06. The number of anilines is 2. The molecule has 0 saturated carbocycles. The summed E-state index contributed by atoms with van der Waals surface area (Å²) in [6, 6.07) is 15.0. The van der Waals surface area contributed by atoms with Crippen molar-refractivity contribution < 1.29 is 9.53 Å². The number of aryl methyl sites for hydroxylation is 1. The molecule has 1 amide bonds. The van der Waals surface area contributed by atoms with Gasteiger partial charge in [-0.3, -0.25) is 4.79 Å². The topological polar surface area (TPSA) is 64.3 Å². The van der Waals surface area contributed by atoms with Crippen LogP contribution >= 0.6 is 0 Å². The monoisotopic (exact) mass is 298 g/mol. The van der Waals surface area contributed by atoms with Crippen molar-refractivity contribution in [2.24, 2.45) is 0 Å². The fourth-order valence-electron chi connectivity index (χ4n) is 2.15. The predicted molar refractivity (Wildman–Crippen MR) is 90.0 cm³/mol. The van der Waals surface area contributed by atoms with E-state index in [2.05, 4.69) is 5.32 Å². The maximum absolute atomic E-state index is 12.0. The van der Waals surface area contributed by atoms with Gasteiger partial charge < -0.3 is 15.8 Å². The number of nitrogen functional groups attached to an aromatic ring is 1. The Kier molecular flexibility index (Phi) is 5.42. The molecule has 0 heterocycles. The van der Waals surface area contributed by atoms with Gasteiger partial charge >= 0.3 is 0 Å². The molecule has 0 saturated heterocycles. The molecule has 0 atom stereocenters. The summed E-state index contributed by atoms with van der Waals surface area (Å²) in [5.41, 5.74) is 8.34. The van der Waals surface area contributed by atoms with Gasteiger partial charge in [-0.05, 0) is 44.0 Å². The summed E-state index contributed by atoms with van der Waals surface area (Å²) in [7, 11) is 0. The number of ether oxygens (including phenoxy) is 1. The van der Waals surface area contributed by atoms with Gasteiger partial charge in [0, 0.05) is 23.9 Å². The van der Waals surface area contributed by atoms with Crippen molar-refractivity contribution in [2.75, 3.05) is 11.1 Å². The average molecular weight is 298 g/mol. The largest absolute Gasteiger partial charge is 0.491 e. The van der Waals surface area contributed by atoms with Crippen LogP contribution in [0.25, 0.3) is 0 Å². The maximum atomic E-state index is 12.0. The number of rotatable bonds is 6. The molecule has 0 aliphatic heterocycles. The van der Waals surface area contributed by atoms with Crippen molar-refractivity contribution in [1.29, 1.82) is 0 Å². The van der Waals surface area contributed by atoms with Crippen molar-refractivity contribution in [2.45, 2.75) is 32.8 Å². The Hall–Kier alpha value is -2.49. The molecule has 0 radical (unpaired) electrons. The number of nitrogens with two attached hydrogens (primary N) is 1. The Bertz CT molecular complexity index is 638. The molecule has 0 fully saturated rings. The molecular weight excluding hydrogens is 276 g/mol. The number of carbonyl (C=O) groups excluding carboxylic acids is 1. The average Bonchev–Trinajstić information content (AvgIpc) is 2.46. The van der Waals surface area contributed by atoms with E-state index < -0.39 is 0 Å². The van der Waals surface area contributed by atoms with E-state index in [-0.39, 0.29) is 12.0 Å². The number of nitrogens with one attached hydrogen (secondary N) is 1. The molecule has 0 aliphatic carbocycles. The lowest BCUT2D eigenvalue weighted by molar-refractivity contribution is -0.116. The summed E-state index contributed by atoms with van der Waals surface area (Å²) >= 11 is 0. The van der Waals surface area contributed by atoms with Crippen LogP contribution in [0.2, 0.25) is 0 Å². The second-order valence-corrected chi connectivity index (χ2v) is 5.44. The summed E-state index contributed by atoms with van der Waals surface area (Å²) in [6.45, 7) is 3.94. The Morgan fingerprint density at radius 2 is 1.95 bits per heavy atom. The van der Waals surface area contributed by atoms with Crippen molar-refractivity contribution in [3.05, 3.63) is 54.1 Å². The lowest BCUT2D eigenvalue weighted by Gasteiger charge is -2.11. The number of amides is 1. The zero-order valence-electron chi connectivity index (χ0n) is 13.0. The summed E-state index contributed by atoms with van der Waals surface area (Å²) in [6.07, 6.45) is 1.12. The molecule has 22 heavy (non-hydrogen) atoms. The van der Waals surface area contributed by atoms with E-state index in [4.69, 9.17) is 10.5 Å². The minimum Gasteiger partial charge on any atom is -0.491 e. The second-order valence-electron chi connectivity index (χ2n) is 5.44. The van der Waals surface area contributed by atoms with Crippen molar-refractivity contribution >= 4 is 17.3 Å². The normalized spacial score (nSPS) is 10.5. The molecule has 0 bridgehead atoms. The summed E-state index contributed by atoms with van der Waals surface area (Å²) in [4.78, 5) is 12.0. The van der Waals surface area contributed by atoms with Gasteiger partial charge in [-0.1, -0.05) is 24.3 Å². The summed E-state index contributed by atoms with van der Waals surface area (Å²) in [5.74, 6) is 0.713. The quantitative estimate of drug-likeness (QED) is 0.800. The molecule has 2 aromatic rings. The van der Waals surface area contributed by atoms with Crippen LogP contribution in [0.4, 0.5) is 11.4 Å². The molecule has 2 aromatic carbocycles. The molecule has 0 spiro atoms. The zero-order chi connectivity index (χ0) is 15.9. The molecule has 4 nitrogen and oxygen atoms in total. The van der Waals surface area contributed by atoms with E-state index in [1.54, 1.807) is 0 Å². The first kappa shape index (κ1) is 15.9. The number of para-hydroxylation sites is 1. The highest BCUT2D eigenvalue weighted by Crippen LogP contribution is 2.19. The standard InChI is InChI=1S/C18H22N2O2/c1-13(2)22-16-8-5-7-15(12-16)20-18(21)11-10-14-6-3-4-9-17(14)19/h3-9,12-13H,10-11,19H2,1-2H3,(H,20,21). The van der Waals surface area contributed by atoms with Crippen LogP contribution in [-0.2, 0) is 11.2 Å². The third kappa shape index (κ3) is 4.81. The van der Waals surface area contributed by atoms with E-state index in [0.29, 0.717) is 12.8 Å². The predicted octanol–water partition coefficient (Wildman–Crippen LogP) is 3.63. The number of hydrogen-bond donors (Lipinski definition) is 2. The van der Waals surface area contributed by atoms with Crippen LogP contribution in [0.3, 0.4) is 0 Å². The first-order chi connectivity index (χ1) is 10.5.